The number of anilines is 2. The molecule has 0 amide bonds. The standard InChI is InChI=1S/C26H28I2N2OSi2/c1-32(29(25-19-11-5-12-20-25)26-21-13-6-14-22-26)31-33(2)30(27-23-15-7-3-8-16-23)28-24-17-9-4-10-18-24/h3-22,32-33H,1-2H3/q-2. The molecule has 0 N–H and O–H groups in total. The van der Waals surface area contributed by atoms with Crippen molar-refractivity contribution in [2.45, 2.75) is 13.1 Å². The average molecular weight is 695 g/mol. The Kier molecular flexibility index (Phi) is 9.56. The van der Waals surface area contributed by atoms with Gasteiger partial charge >= 0.3 is 224 Å². The van der Waals surface area contributed by atoms with Crippen molar-refractivity contribution in [2.75, 3.05) is 4.57 Å². The van der Waals surface area contributed by atoms with Gasteiger partial charge in [0.2, 0.25) is 0 Å². The molecule has 0 aromatic heterocycles. The molecule has 0 fully saturated rings. The van der Waals surface area contributed by atoms with Crippen molar-refractivity contribution < 1.29 is 47.1 Å². The normalized spacial score (nSPS) is 13.2. The molecule has 2 unspecified atom stereocenters. The predicted molar refractivity (Wildman–Crippen MR) is 134 cm³/mol. The van der Waals surface area contributed by atoms with E-state index in [4.69, 9.17) is 4.12 Å². The van der Waals surface area contributed by atoms with Crippen LogP contribution in [-0.2, 0) is 4.12 Å². The van der Waals surface area contributed by atoms with Crippen LogP contribution in [0.2, 0.25) is 13.1 Å². The summed E-state index contributed by atoms with van der Waals surface area (Å²) in [6.07, 6.45) is 0. The number of rotatable bonds is 10. The maximum atomic E-state index is 7.01. The zero-order valence-corrected chi connectivity index (χ0v) is 25.4. The summed E-state index contributed by atoms with van der Waals surface area (Å²) in [6, 6.07) is 43.3. The fourth-order valence-electron chi connectivity index (χ4n) is 3.42. The van der Waals surface area contributed by atoms with Crippen LogP contribution >= 0.6 is 0 Å². The quantitative estimate of drug-likeness (QED) is 0.128. The molecule has 0 heterocycles. The molecule has 3 nitrogen and oxygen atoms in total. The summed E-state index contributed by atoms with van der Waals surface area (Å²) in [7, 11) is -3.28. The van der Waals surface area contributed by atoms with Crippen molar-refractivity contribution in [3.63, 3.8) is 0 Å². The Morgan fingerprint density at radius 3 is 1.27 bits per heavy atom. The van der Waals surface area contributed by atoms with Crippen LogP contribution in [0.5, 0.6) is 0 Å². The van der Waals surface area contributed by atoms with E-state index in [0.29, 0.717) is 0 Å². The Balaban J connectivity index is 1.56. The number of benzene rings is 4. The average Bonchev–Trinajstić information content (AvgIpc) is 2.86. The van der Waals surface area contributed by atoms with Gasteiger partial charge in [-0.05, 0) is 0 Å². The molecule has 0 aliphatic rings. The second-order valence-corrected chi connectivity index (χ2v) is 21.4. The van der Waals surface area contributed by atoms with Crippen LogP contribution in [0.1, 0.15) is 0 Å². The molecule has 0 bridgehead atoms. The molecule has 172 valence electrons. The Morgan fingerprint density at radius 1 is 0.515 bits per heavy atom. The zero-order chi connectivity index (χ0) is 22.9. The third-order valence-corrected chi connectivity index (χ3v) is 21.9. The molecule has 0 saturated carbocycles. The maximum absolute atomic E-state index is 7.01. The first-order valence-electron chi connectivity index (χ1n) is 10.9. The zero-order valence-electron chi connectivity index (χ0n) is 18.8. The number of nitrogens with zero attached hydrogens (tertiary/aromatic N) is 2. The molecule has 4 aromatic rings. The van der Waals surface area contributed by atoms with Crippen molar-refractivity contribution >= 4 is 29.8 Å². The summed E-state index contributed by atoms with van der Waals surface area (Å²) < 4.78 is 15.2. The molecule has 7 heteroatoms. The van der Waals surface area contributed by atoms with Crippen molar-refractivity contribution in [2.24, 2.45) is 0 Å². The van der Waals surface area contributed by atoms with Gasteiger partial charge in [-0.2, -0.15) is 0 Å². The van der Waals surface area contributed by atoms with Crippen molar-refractivity contribution in [3.8, 4) is 0 Å². The van der Waals surface area contributed by atoms with Gasteiger partial charge in [0.1, 0.15) is 0 Å². The molecule has 0 spiro atoms. The first kappa shape index (κ1) is 24.6. The van der Waals surface area contributed by atoms with Crippen molar-refractivity contribution in [1.82, 2.24) is 0.992 Å². The van der Waals surface area contributed by atoms with Crippen molar-refractivity contribution in [3.05, 3.63) is 128 Å². The molecule has 4 aromatic carbocycles. The number of para-hydroxylation sites is 2. The van der Waals surface area contributed by atoms with E-state index >= 15 is 0 Å². The first-order valence-corrected chi connectivity index (χ1v) is 19.3. The molecule has 0 radical (unpaired) electrons. The van der Waals surface area contributed by atoms with Crippen LogP contribution < -0.4 is 47.5 Å². The molecule has 2 atom stereocenters. The monoisotopic (exact) mass is 694 g/mol. The number of hydrogen-bond donors (Lipinski definition) is 0. The summed E-state index contributed by atoms with van der Waals surface area (Å²) in [5, 5.41) is 0. The van der Waals surface area contributed by atoms with Crippen LogP contribution in [0.15, 0.2) is 121 Å². The minimum atomic E-state index is -1.71. The minimum absolute atomic E-state index is 0.245. The molecule has 0 aliphatic heterocycles. The van der Waals surface area contributed by atoms with E-state index in [2.05, 4.69) is 140 Å². The molecule has 0 aliphatic carbocycles. The topological polar surface area (TPSA) is 15.7 Å². The van der Waals surface area contributed by atoms with E-state index in [1.165, 1.54) is 18.5 Å². The number of hydrogen-bond acceptors (Lipinski definition) is 3. The third-order valence-electron chi connectivity index (χ3n) is 4.92. The van der Waals surface area contributed by atoms with E-state index in [9.17, 15) is 0 Å². The molecular weight excluding hydrogens is 666 g/mol. The van der Waals surface area contributed by atoms with Gasteiger partial charge in [-0.1, -0.05) is 0 Å². The van der Waals surface area contributed by atoms with E-state index < -0.39 is 18.4 Å². The SMILES string of the molecule is C[SiH](O[SiH](C)N(c1ccccc1)c1ccccc1)N([I-]c1ccccc1)[I-]c1ccccc1. The molecular formula is C26H28I2N2OSi2-2. The second-order valence-electron chi connectivity index (χ2n) is 7.40. The Bertz CT molecular complexity index is 1010. The molecule has 4 rings (SSSR count). The summed E-state index contributed by atoms with van der Waals surface area (Å²) in [6.45, 7) is 4.70. The first-order chi connectivity index (χ1) is 16.2. The van der Waals surface area contributed by atoms with Gasteiger partial charge in [0.05, 0.1) is 0 Å². The van der Waals surface area contributed by atoms with Crippen LogP contribution in [0, 0.1) is 7.14 Å². The molecule has 33 heavy (non-hydrogen) atoms. The fourth-order valence-corrected chi connectivity index (χ4v) is 20.3. The van der Waals surface area contributed by atoms with E-state index in [-0.39, 0.29) is 43.0 Å². The summed E-state index contributed by atoms with van der Waals surface area (Å²) in [5.74, 6) is 0. The Morgan fingerprint density at radius 2 is 0.879 bits per heavy atom. The van der Waals surface area contributed by atoms with Gasteiger partial charge in [-0.3, -0.25) is 0 Å². The van der Waals surface area contributed by atoms with Crippen LogP contribution in [0.3, 0.4) is 0 Å². The molecule has 0 saturated heterocycles. The van der Waals surface area contributed by atoms with Crippen molar-refractivity contribution in [1.29, 1.82) is 0 Å². The van der Waals surface area contributed by atoms with E-state index in [0.717, 1.165) is 0 Å². The predicted octanol–water partition coefficient (Wildman–Crippen LogP) is -0.408. The van der Waals surface area contributed by atoms with Gasteiger partial charge in [0, 0.05) is 0 Å². The van der Waals surface area contributed by atoms with Gasteiger partial charge in [-0.15, -0.1) is 0 Å². The summed E-state index contributed by atoms with van der Waals surface area (Å²) in [5.41, 5.74) is 2.43. The van der Waals surface area contributed by atoms with Crippen LogP contribution in [-0.4, -0.2) is 19.4 Å². The van der Waals surface area contributed by atoms with Gasteiger partial charge in [0.15, 0.2) is 0 Å². The summed E-state index contributed by atoms with van der Waals surface area (Å²) >= 11 is -0.489. The third kappa shape index (κ3) is 7.24. The van der Waals surface area contributed by atoms with E-state index in [1.54, 1.807) is 0 Å². The number of halogens is 2. The van der Waals surface area contributed by atoms with Gasteiger partial charge in [0.25, 0.3) is 0 Å². The summed E-state index contributed by atoms with van der Waals surface area (Å²) in [4.78, 5) is 0. The van der Waals surface area contributed by atoms with E-state index in [1.807, 2.05) is 0 Å². The second kappa shape index (κ2) is 12.8. The Labute approximate surface area is 222 Å². The van der Waals surface area contributed by atoms with Gasteiger partial charge < -0.3 is 0 Å². The van der Waals surface area contributed by atoms with Crippen LogP contribution in [0.4, 0.5) is 11.4 Å². The fraction of sp³-hybridized carbons (Fsp3) is 0.0769. The van der Waals surface area contributed by atoms with Gasteiger partial charge in [-0.25, -0.2) is 0 Å². The van der Waals surface area contributed by atoms with Crippen LogP contribution in [0.25, 0.3) is 0 Å². The Hall–Kier alpha value is -1.51.